The van der Waals surface area contributed by atoms with E-state index in [2.05, 4.69) is 0 Å². The predicted octanol–water partition coefficient (Wildman–Crippen LogP) is 0.159. The topological polar surface area (TPSA) is 130 Å². The van der Waals surface area contributed by atoms with Crippen molar-refractivity contribution >= 4 is 11.0 Å². The van der Waals surface area contributed by atoms with E-state index < -0.39 is 37.3 Å². The monoisotopic (exact) mass is 392 g/mol. The maximum absolute atomic E-state index is 12.3. The Morgan fingerprint density at radius 2 is 1.79 bits per heavy atom. The van der Waals surface area contributed by atoms with Crippen molar-refractivity contribution in [1.29, 1.82) is 0 Å². The molecule has 0 spiro atoms. The van der Waals surface area contributed by atoms with Crippen LogP contribution in [0.15, 0.2) is 21.3 Å². The first-order valence-corrected chi connectivity index (χ1v) is 9.47. The van der Waals surface area contributed by atoms with E-state index in [4.69, 9.17) is 13.9 Å². The number of rotatable bonds is 3. The highest BCUT2D eigenvalue weighted by Gasteiger charge is 2.45. The lowest BCUT2D eigenvalue weighted by Gasteiger charge is -2.39. The van der Waals surface area contributed by atoms with Crippen molar-refractivity contribution in [3.63, 3.8) is 0 Å². The van der Waals surface area contributed by atoms with Crippen LogP contribution in [0.5, 0.6) is 5.75 Å². The number of benzene rings is 1. The van der Waals surface area contributed by atoms with E-state index in [9.17, 15) is 25.2 Å². The molecule has 2 aromatic rings. The fourth-order valence-corrected chi connectivity index (χ4v) is 4.05. The normalized spacial score (nSPS) is 30.2. The van der Waals surface area contributed by atoms with Crippen molar-refractivity contribution in [3.8, 4) is 5.75 Å². The van der Waals surface area contributed by atoms with Crippen LogP contribution in [-0.4, -0.2) is 57.7 Å². The zero-order valence-electron chi connectivity index (χ0n) is 15.5. The molecule has 1 aromatic heterocycles. The first kappa shape index (κ1) is 19.4. The van der Waals surface area contributed by atoms with Crippen molar-refractivity contribution in [3.05, 3.63) is 39.2 Å². The zero-order chi connectivity index (χ0) is 20.0. The molecule has 0 saturated carbocycles. The molecule has 4 N–H and O–H groups in total. The summed E-state index contributed by atoms with van der Waals surface area (Å²) in [6, 6.07) is 3.50. The van der Waals surface area contributed by atoms with Crippen molar-refractivity contribution in [1.82, 2.24) is 0 Å². The lowest BCUT2D eigenvalue weighted by Crippen LogP contribution is -2.60. The highest BCUT2D eigenvalue weighted by molar-refractivity contribution is 5.88. The summed E-state index contributed by atoms with van der Waals surface area (Å²) in [6.07, 6.45) is -3.65. The van der Waals surface area contributed by atoms with Crippen LogP contribution >= 0.6 is 0 Å². The van der Waals surface area contributed by atoms with Gasteiger partial charge in [0, 0.05) is 5.56 Å². The molecule has 0 bridgehead atoms. The van der Waals surface area contributed by atoms with Gasteiger partial charge in [0.2, 0.25) is 6.29 Å². The van der Waals surface area contributed by atoms with Crippen LogP contribution in [0.1, 0.15) is 29.5 Å². The molecule has 1 fully saturated rings. The van der Waals surface area contributed by atoms with Gasteiger partial charge in [-0.15, -0.1) is 0 Å². The van der Waals surface area contributed by atoms with Gasteiger partial charge in [-0.2, -0.15) is 0 Å². The standard InChI is InChI=1S/C20H24O8/c1-9-6-12-15(10-4-2-3-5-11(10)19(25)26-12)13(7-9)27-20-18(24)17(23)16(22)14(8-21)28-20/h6-7,14,16-18,20-24H,2-5,8H2,1H3/t14-,16-,17+,18-,20-/m1/s1. The summed E-state index contributed by atoms with van der Waals surface area (Å²) in [6.45, 7) is 1.28. The molecule has 8 nitrogen and oxygen atoms in total. The number of aliphatic hydroxyl groups is 4. The van der Waals surface area contributed by atoms with E-state index >= 15 is 0 Å². The maximum Gasteiger partial charge on any atom is 0.339 e. The molecule has 8 heteroatoms. The van der Waals surface area contributed by atoms with E-state index in [1.807, 2.05) is 6.92 Å². The van der Waals surface area contributed by atoms with Gasteiger partial charge in [0.1, 0.15) is 35.7 Å². The Bertz CT molecular complexity index is 934. The summed E-state index contributed by atoms with van der Waals surface area (Å²) in [7, 11) is 0. The molecule has 0 amide bonds. The molecule has 1 aliphatic carbocycles. The summed E-state index contributed by atoms with van der Waals surface area (Å²) in [5.74, 6) is 0.362. The zero-order valence-corrected chi connectivity index (χ0v) is 15.5. The molecule has 1 saturated heterocycles. The first-order valence-electron chi connectivity index (χ1n) is 9.47. The van der Waals surface area contributed by atoms with E-state index in [-0.39, 0.29) is 5.63 Å². The average molecular weight is 392 g/mol. The quantitative estimate of drug-likeness (QED) is 0.544. The molecule has 1 aromatic carbocycles. The van der Waals surface area contributed by atoms with Gasteiger partial charge >= 0.3 is 5.63 Å². The largest absolute Gasteiger partial charge is 0.461 e. The fraction of sp³-hybridized carbons (Fsp3) is 0.550. The van der Waals surface area contributed by atoms with Gasteiger partial charge in [0.05, 0.1) is 12.0 Å². The third-order valence-electron chi connectivity index (χ3n) is 5.52. The number of hydrogen-bond donors (Lipinski definition) is 4. The Morgan fingerprint density at radius 1 is 1.07 bits per heavy atom. The number of aryl methyl sites for hydroxylation is 2. The molecule has 4 rings (SSSR count). The predicted molar refractivity (Wildman–Crippen MR) is 98.3 cm³/mol. The number of fused-ring (bicyclic) bond motifs is 3. The van der Waals surface area contributed by atoms with E-state index in [1.165, 1.54) is 0 Å². The van der Waals surface area contributed by atoms with Crippen LogP contribution < -0.4 is 10.4 Å². The fourth-order valence-electron chi connectivity index (χ4n) is 4.05. The molecule has 0 unspecified atom stereocenters. The van der Waals surface area contributed by atoms with Gasteiger partial charge < -0.3 is 34.3 Å². The highest BCUT2D eigenvalue weighted by Crippen LogP contribution is 2.36. The minimum Gasteiger partial charge on any atom is -0.461 e. The maximum atomic E-state index is 12.3. The molecule has 2 heterocycles. The number of aliphatic hydroxyl groups excluding tert-OH is 4. The SMILES string of the molecule is Cc1cc(O[C@@H]2O[C@H](CO)[C@@H](O)[C@H](O)[C@H]2O)c2c3c(c(=O)oc2c1)CCCC3. The molecule has 28 heavy (non-hydrogen) atoms. The molecule has 2 aliphatic rings. The molecular formula is C20H24O8. The third kappa shape index (κ3) is 3.21. The molecule has 1 aliphatic heterocycles. The Morgan fingerprint density at radius 3 is 2.50 bits per heavy atom. The van der Waals surface area contributed by atoms with Crippen LogP contribution in [0.2, 0.25) is 0 Å². The van der Waals surface area contributed by atoms with E-state index in [1.54, 1.807) is 12.1 Å². The second-order valence-electron chi connectivity index (χ2n) is 7.51. The van der Waals surface area contributed by atoms with Crippen molar-refractivity contribution < 1.29 is 34.3 Å². The number of hydrogen-bond acceptors (Lipinski definition) is 8. The van der Waals surface area contributed by atoms with Crippen LogP contribution in [0.25, 0.3) is 11.0 Å². The summed E-state index contributed by atoms with van der Waals surface area (Å²) < 4.78 is 16.9. The van der Waals surface area contributed by atoms with Gasteiger partial charge in [-0.05, 0) is 55.9 Å². The second kappa shape index (κ2) is 7.46. The minimum absolute atomic E-state index is 0.341. The van der Waals surface area contributed by atoms with Crippen LogP contribution in [0.3, 0.4) is 0 Å². The average Bonchev–Trinajstić information content (AvgIpc) is 2.68. The van der Waals surface area contributed by atoms with Gasteiger partial charge in [-0.3, -0.25) is 0 Å². The second-order valence-corrected chi connectivity index (χ2v) is 7.51. The third-order valence-corrected chi connectivity index (χ3v) is 5.52. The smallest absolute Gasteiger partial charge is 0.339 e. The Hall–Kier alpha value is -1.97. The molecule has 5 atom stereocenters. The molecular weight excluding hydrogens is 368 g/mol. The highest BCUT2D eigenvalue weighted by atomic mass is 16.7. The van der Waals surface area contributed by atoms with Gasteiger partial charge in [0.25, 0.3) is 0 Å². The van der Waals surface area contributed by atoms with Crippen molar-refractivity contribution in [2.75, 3.05) is 6.61 Å². The Kier molecular flexibility index (Phi) is 5.15. The minimum atomic E-state index is -1.53. The summed E-state index contributed by atoms with van der Waals surface area (Å²) in [4.78, 5) is 12.3. The van der Waals surface area contributed by atoms with Gasteiger partial charge in [-0.25, -0.2) is 4.79 Å². The Labute approximate surface area is 160 Å². The lowest BCUT2D eigenvalue weighted by molar-refractivity contribution is -0.277. The van der Waals surface area contributed by atoms with Gasteiger partial charge in [0.15, 0.2) is 0 Å². The van der Waals surface area contributed by atoms with Crippen molar-refractivity contribution in [2.45, 2.75) is 63.3 Å². The Balaban J connectivity index is 1.79. The molecule has 152 valence electrons. The lowest BCUT2D eigenvalue weighted by atomic mass is 9.90. The summed E-state index contributed by atoms with van der Waals surface area (Å²) in [5, 5.41) is 40.3. The van der Waals surface area contributed by atoms with E-state index in [0.29, 0.717) is 35.1 Å². The number of ether oxygens (including phenoxy) is 2. The van der Waals surface area contributed by atoms with Crippen LogP contribution in [-0.2, 0) is 17.6 Å². The summed E-state index contributed by atoms with van der Waals surface area (Å²) >= 11 is 0. The molecule has 0 radical (unpaired) electrons. The van der Waals surface area contributed by atoms with Gasteiger partial charge in [-0.1, -0.05) is 0 Å². The summed E-state index contributed by atoms with van der Waals surface area (Å²) in [5.41, 5.74) is 2.35. The van der Waals surface area contributed by atoms with E-state index in [0.717, 1.165) is 24.0 Å². The van der Waals surface area contributed by atoms with Crippen LogP contribution in [0.4, 0.5) is 0 Å². The van der Waals surface area contributed by atoms with Crippen molar-refractivity contribution in [2.24, 2.45) is 0 Å². The first-order chi connectivity index (χ1) is 13.4. The van der Waals surface area contributed by atoms with Crippen LogP contribution in [0, 0.1) is 6.92 Å².